The van der Waals surface area contributed by atoms with Crippen LogP contribution in [0.5, 0.6) is 5.75 Å². The van der Waals surface area contributed by atoms with Crippen molar-refractivity contribution in [2.45, 2.75) is 32.7 Å². The molecule has 7 heteroatoms. The third-order valence-corrected chi connectivity index (χ3v) is 2.69. The molecule has 0 aliphatic heterocycles. The van der Waals surface area contributed by atoms with Gasteiger partial charge in [-0.15, -0.1) is 0 Å². The Hall–Kier alpha value is -2.38. The van der Waals surface area contributed by atoms with Crippen molar-refractivity contribution < 1.29 is 34.3 Å². The molecule has 0 radical (unpaired) electrons. The van der Waals surface area contributed by atoms with Gasteiger partial charge >= 0.3 is 11.9 Å². The predicted octanol–water partition coefficient (Wildman–Crippen LogP) is 2.21. The van der Waals surface area contributed by atoms with Crippen LogP contribution in [0.1, 0.15) is 42.3 Å². The van der Waals surface area contributed by atoms with Gasteiger partial charge in [0, 0.05) is 11.6 Å². The average molecular weight is 310 g/mol. The number of para-hydroxylation sites is 1. The summed E-state index contributed by atoms with van der Waals surface area (Å²) in [5.74, 6) is -2.01. The van der Waals surface area contributed by atoms with Gasteiger partial charge < -0.3 is 19.8 Å². The molecule has 7 nitrogen and oxygen atoms in total. The van der Waals surface area contributed by atoms with Gasteiger partial charge in [0.1, 0.15) is 11.7 Å². The smallest absolute Gasteiger partial charge is 0.339 e. The maximum atomic E-state index is 11.4. The number of aliphatic hydroxyl groups is 1. The van der Waals surface area contributed by atoms with Crippen molar-refractivity contribution in [3.05, 3.63) is 42.0 Å². The second-order valence-electron chi connectivity index (χ2n) is 4.35. The summed E-state index contributed by atoms with van der Waals surface area (Å²) >= 11 is 0. The Bertz CT molecular complexity index is 551. The van der Waals surface area contributed by atoms with Crippen LogP contribution in [0.15, 0.2) is 30.9 Å². The molecule has 0 saturated carbocycles. The first kappa shape index (κ1) is 17.7. The van der Waals surface area contributed by atoms with E-state index in [2.05, 4.69) is 11.5 Å². The lowest BCUT2D eigenvalue weighted by Crippen LogP contribution is -2.16. The maximum absolute atomic E-state index is 11.4. The van der Waals surface area contributed by atoms with Crippen LogP contribution >= 0.6 is 0 Å². The Labute approximate surface area is 127 Å². The minimum absolute atomic E-state index is 0.125. The Kier molecular flexibility index (Phi) is 6.55. The number of carbonyl (C=O) groups excluding carboxylic acids is 1. The molecule has 1 aromatic rings. The fourth-order valence-corrected chi connectivity index (χ4v) is 1.74. The van der Waals surface area contributed by atoms with E-state index in [9.17, 15) is 14.7 Å². The number of hydrogen-bond donors (Lipinski definition) is 2. The van der Waals surface area contributed by atoms with Gasteiger partial charge in [-0.25, -0.2) is 9.59 Å². The summed E-state index contributed by atoms with van der Waals surface area (Å²) in [6.45, 7) is 6.37. The minimum atomic E-state index is -1.26. The van der Waals surface area contributed by atoms with Crippen LogP contribution in [0.25, 0.3) is 0 Å². The molecule has 0 saturated heterocycles. The van der Waals surface area contributed by atoms with Crippen molar-refractivity contribution in [2.24, 2.45) is 0 Å². The normalized spacial score (nSPS) is 13.0. The zero-order valence-electron chi connectivity index (χ0n) is 12.3. The molecule has 120 valence electrons. The number of esters is 1. The number of aromatic carboxylic acids is 1. The van der Waals surface area contributed by atoms with E-state index in [1.807, 2.05) is 0 Å². The molecule has 0 heterocycles. The number of benzene rings is 1. The Morgan fingerprint density at radius 1 is 1.41 bits per heavy atom. The summed E-state index contributed by atoms with van der Waals surface area (Å²) in [5.41, 5.74) is 0.143. The summed E-state index contributed by atoms with van der Waals surface area (Å²) in [6.07, 6.45) is -0.604. The van der Waals surface area contributed by atoms with Crippen molar-refractivity contribution >= 4 is 11.9 Å². The van der Waals surface area contributed by atoms with Crippen LogP contribution < -0.4 is 4.89 Å². The Morgan fingerprint density at radius 2 is 2.09 bits per heavy atom. The molecule has 0 aliphatic rings. The van der Waals surface area contributed by atoms with Gasteiger partial charge in [0.25, 0.3) is 0 Å². The lowest BCUT2D eigenvalue weighted by molar-refractivity contribution is -0.299. The van der Waals surface area contributed by atoms with Crippen LogP contribution in [0.3, 0.4) is 0 Å². The van der Waals surface area contributed by atoms with Gasteiger partial charge in [0.2, 0.25) is 0 Å². The van der Waals surface area contributed by atoms with Gasteiger partial charge in [-0.05, 0) is 19.4 Å². The third-order valence-electron chi connectivity index (χ3n) is 2.69. The first-order valence-corrected chi connectivity index (χ1v) is 6.61. The molecule has 0 fully saturated rings. The quantitative estimate of drug-likeness (QED) is 0.249. The number of aliphatic hydroxyl groups excluding tert-OH is 1. The number of carboxylic acid groups (broad SMARTS) is 1. The lowest BCUT2D eigenvalue weighted by Gasteiger charge is -2.20. The summed E-state index contributed by atoms with van der Waals surface area (Å²) in [7, 11) is 0. The second-order valence-corrected chi connectivity index (χ2v) is 4.35. The van der Waals surface area contributed by atoms with E-state index in [1.165, 1.54) is 19.1 Å². The maximum Gasteiger partial charge on any atom is 0.339 e. The number of hydrogen-bond acceptors (Lipinski definition) is 6. The standard InChI is InChI=1S/C15H18O7/c1-4-12(20-13(17)5-2)10-7-6-8-11(15(18)19)14(10)22-21-9(3)16/h5-9,12,16H,2,4H2,1,3H3,(H,18,19). The number of carbonyl (C=O) groups is 2. The average Bonchev–Trinajstić information content (AvgIpc) is 2.49. The fourth-order valence-electron chi connectivity index (χ4n) is 1.74. The van der Waals surface area contributed by atoms with Crippen LogP contribution in [0.4, 0.5) is 0 Å². The zero-order chi connectivity index (χ0) is 16.7. The zero-order valence-corrected chi connectivity index (χ0v) is 12.3. The predicted molar refractivity (Wildman–Crippen MR) is 76.1 cm³/mol. The molecule has 1 rings (SSSR count). The summed E-state index contributed by atoms with van der Waals surface area (Å²) in [6, 6.07) is 4.37. The largest absolute Gasteiger partial charge is 0.478 e. The highest BCUT2D eigenvalue weighted by molar-refractivity contribution is 5.91. The van der Waals surface area contributed by atoms with E-state index in [4.69, 9.17) is 14.7 Å². The SMILES string of the molecule is C=CC(=O)OC(CC)c1cccc(C(=O)O)c1OOC(C)O. The highest BCUT2D eigenvalue weighted by Crippen LogP contribution is 2.33. The molecule has 2 unspecified atom stereocenters. The molecule has 1 aromatic carbocycles. The molecule has 2 atom stereocenters. The minimum Gasteiger partial charge on any atom is -0.478 e. The van der Waals surface area contributed by atoms with Crippen LogP contribution in [-0.2, 0) is 14.4 Å². The van der Waals surface area contributed by atoms with Gasteiger partial charge in [-0.2, -0.15) is 4.89 Å². The summed E-state index contributed by atoms with van der Waals surface area (Å²) < 4.78 is 5.17. The highest BCUT2D eigenvalue weighted by Gasteiger charge is 2.24. The van der Waals surface area contributed by atoms with Gasteiger partial charge in [0.05, 0.1) is 0 Å². The lowest BCUT2D eigenvalue weighted by atomic mass is 10.0. The molecular formula is C15H18O7. The van der Waals surface area contributed by atoms with Gasteiger partial charge in [0.15, 0.2) is 12.0 Å². The van der Waals surface area contributed by atoms with E-state index in [0.29, 0.717) is 12.0 Å². The van der Waals surface area contributed by atoms with Crippen LogP contribution in [-0.4, -0.2) is 28.4 Å². The van der Waals surface area contributed by atoms with Crippen molar-refractivity contribution in [2.75, 3.05) is 0 Å². The van der Waals surface area contributed by atoms with Gasteiger partial charge in [-0.3, -0.25) is 0 Å². The molecule has 0 aromatic heterocycles. The van der Waals surface area contributed by atoms with E-state index < -0.39 is 24.3 Å². The highest BCUT2D eigenvalue weighted by atomic mass is 17.2. The monoisotopic (exact) mass is 310 g/mol. The summed E-state index contributed by atoms with van der Waals surface area (Å²) in [4.78, 5) is 32.2. The molecular weight excluding hydrogens is 292 g/mol. The van der Waals surface area contributed by atoms with Crippen molar-refractivity contribution in [1.82, 2.24) is 0 Å². The van der Waals surface area contributed by atoms with Crippen LogP contribution in [0, 0.1) is 0 Å². The number of carboxylic acids is 1. The van der Waals surface area contributed by atoms with Crippen molar-refractivity contribution in [3.8, 4) is 5.75 Å². The topological polar surface area (TPSA) is 102 Å². The Morgan fingerprint density at radius 3 is 2.59 bits per heavy atom. The van der Waals surface area contributed by atoms with Crippen LogP contribution in [0.2, 0.25) is 0 Å². The molecule has 0 aliphatic carbocycles. The van der Waals surface area contributed by atoms with E-state index in [-0.39, 0.29) is 11.3 Å². The molecule has 22 heavy (non-hydrogen) atoms. The molecule has 0 spiro atoms. The summed E-state index contributed by atoms with van der Waals surface area (Å²) in [5, 5.41) is 18.3. The van der Waals surface area contributed by atoms with E-state index in [1.54, 1.807) is 13.0 Å². The first-order chi connectivity index (χ1) is 10.4. The van der Waals surface area contributed by atoms with Crippen molar-refractivity contribution in [3.63, 3.8) is 0 Å². The molecule has 2 N–H and O–H groups in total. The Balaban J connectivity index is 3.25. The molecule has 0 amide bonds. The third kappa shape index (κ3) is 4.57. The van der Waals surface area contributed by atoms with E-state index in [0.717, 1.165) is 6.08 Å². The number of rotatable bonds is 8. The molecule has 0 bridgehead atoms. The van der Waals surface area contributed by atoms with Crippen molar-refractivity contribution in [1.29, 1.82) is 0 Å². The number of ether oxygens (including phenoxy) is 1. The first-order valence-electron chi connectivity index (χ1n) is 6.61. The van der Waals surface area contributed by atoms with Gasteiger partial charge in [-0.1, -0.05) is 25.6 Å². The van der Waals surface area contributed by atoms with E-state index >= 15 is 0 Å². The fraction of sp³-hybridized carbons (Fsp3) is 0.333. The second kappa shape index (κ2) is 8.16.